The molecule has 0 aliphatic carbocycles. The van der Waals surface area contributed by atoms with E-state index in [1.807, 2.05) is 53.7 Å². The molecule has 0 aliphatic rings. The molecule has 0 fully saturated rings. The maximum Gasteiger partial charge on any atom is 0.243 e. The fraction of sp³-hybridized carbons (Fsp3) is 0.500. The fourth-order valence-corrected chi connectivity index (χ4v) is 5.52. The van der Waals surface area contributed by atoms with Crippen LogP contribution in [0.1, 0.15) is 63.6 Å². The van der Waals surface area contributed by atoms with Gasteiger partial charge in [0.15, 0.2) is 0 Å². The Labute approximate surface area is 237 Å². The highest BCUT2D eigenvalue weighted by atomic mass is 35.5. The van der Waals surface area contributed by atoms with Crippen molar-refractivity contribution in [2.45, 2.75) is 78.9 Å². The first-order chi connectivity index (χ1) is 17.5. The standard InChI is InChI=1S/C28H39Cl2N3O4S/c1-8-25(27(35)31-28(4,5)6)32(18-21-12-13-22(29)17-24(21)30)26(34)10-9-15-33(38(7,36)37)23-14-11-19(2)20(3)16-23/h11-14,16-17,25H,8-10,15,18H2,1-7H3,(H,31,35). The molecule has 2 amide bonds. The first-order valence-electron chi connectivity index (χ1n) is 12.6. The van der Waals surface area contributed by atoms with Crippen molar-refractivity contribution in [3.05, 3.63) is 63.1 Å². The van der Waals surface area contributed by atoms with E-state index in [1.54, 1.807) is 24.3 Å². The number of rotatable bonds is 11. The van der Waals surface area contributed by atoms with Crippen molar-refractivity contribution in [1.29, 1.82) is 0 Å². The number of aryl methyl sites for hydroxylation is 2. The maximum atomic E-state index is 13.6. The quantitative estimate of drug-likeness (QED) is 0.358. The van der Waals surface area contributed by atoms with Gasteiger partial charge in [0.05, 0.1) is 11.9 Å². The SMILES string of the molecule is CCC(C(=O)NC(C)(C)C)N(Cc1ccc(Cl)cc1Cl)C(=O)CCCN(c1ccc(C)c(C)c1)S(C)(=O)=O. The minimum Gasteiger partial charge on any atom is -0.350 e. The Morgan fingerprint density at radius 3 is 2.21 bits per heavy atom. The largest absolute Gasteiger partial charge is 0.350 e. The number of hydrogen-bond donors (Lipinski definition) is 1. The van der Waals surface area contributed by atoms with E-state index < -0.39 is 21.6 Å². The van der Waals surface area contributed by atoms with Crippen LogP contribution < -0.4 is 9.62 Å². The highest BCUT2D eigenvalue weighted by molar-refractivity contribution is 7.92. The van der Waals surface area contributed by atoms with E-state index in [9.17, 15) is 18.0 Å². The molecular formula is C28H39Cl2N3O4S. The van der Waals surface area contributed by atoms with Gasteiger partial charge in [0.25, 0.3) is 0 Å². The summed E-state index contributed by atoms with van der Waals surface area (Å²) < 4.78 is 26.5. The Morgan fingerprint density at radius 1 is 1.03 bits per heavy atom. The van der Waals surface area contributed by atoms with Gasteiger partial charge in [-0.25, -0.2) is 8.42 Å². The van der Waals surface area contributed by atoms with E-state index >= 15 is 0 Å². The number of halogens is 2. The normalized spacial score (nSPS) is 12.7. The Balaban J connectivity index is 2.29. The van der Waals surface area contributed by atoms with Crippen molar-refractivity contribution in [3.63, 3.8) is 0 Å². The summed E-state index contributed by atoms with van der Waals surface area (Å²) >= 11 is 12.5. The third kappa shape index (κ3) is 9.17. The van der Waals surface area contributed by atoms with Crippen molar-refractivity contribution >= 4 is 50.7 Å². The lowest BCUT2D eigenvalue weighted by molar-refractivity contribution is -0.142. The van der Waals surface area contributed by atoms with E-state index in [0.29, 0.717) is 27.7 Å². The second-order valence-electron chi connectivity index (χ2n) is 10.6. The molecule has 210 valence electrons. The number of benzene rings is 2. The minimum absolute atomic E-state index is 0.0569. The molecule has 2 rings (SSSR count). The number of anilines is 1. The van der Waals surface area contributed by atoms with Gasteiger partial charge in [0.1, 0.15) is 6.04 Å². The predicted molar refractivity (Wildman–Crippen MR) is 156 cm³/mol. The first kappa shape index (κ1) is 31.9. The Hall–Kier alpha value is -2.29. The lowest BCUT2D eigenvalue weighted by atomic mass is 10.0. The summed E-state index contributed by atoms with van der Waals surface area (Å²) in [4.78, 5) is 28.3. The summed E-state index contributed by atoms with van der Waals surface area (Å²) in [5, 5.41) is 3.84. The molecule has 0 aromatic heterocycles. The van der Waals surface area contributed by atoms with Gasteiger partial charge in [-0.2, -0.15) is 0 Å². The molecular weight excluding hydrogens is 545 g/mol. The number of carbonyl (C=O) groups is 2. The van der Waals surface area contributed by atoms with Crippen molar-refractivity contribution in [2.75, 3.05) is 17.1 Å². The van der Waals surface area contributed by atoms with Crippen LogP contribution in [-0.4, -0.2) is 49.5 Å². The Morgan fingerprint density at radius 2 is 1.68 bits per heavy atom. The smallest absolute Gasteiger partial charge is 0.243 e. The Bertz CT molecular complexity index is 1260. The predicted octanol–water partition coefficient (Wildman–Crippen LogP) is 5.88. The van der Waals surface area contributed by atoms with Crippen LogP contribution >= 0.6 is 23.2 Å². The molecule has 1 unspecified atom stereocenters. The van der Waals surface area contributed by atoms with Crippen LogP contribution in [0.15, 0.2) is 36.4 Å². The van der Waals surface area contributed by atoms with E-state index in [-0.39, 0.29) is 37.7 Å². The zero-order chi connectivity index (χ0) is 28.8. The molecule has 2 aromatic carbocycles. The average molecular weight is 585 g/mol. The molecule has 0 saturated heterocycles. The lowest BCUT2D eigenvalue weighted by Gasteiger charge is -2.33. The molecule has 0 saturated carbocycles. The van der Waals surface area contributed by atoms with Gasteiger partial charge in [-0.1, -0.05) is 42.3 Å². The molecule has 7 nitrogen and oxygen atoms in total. The van der Waals surface area contributed by atoms with Crippen LogP contribution in [-0.2, 0) is 26.2 Å². The number of carbonyl (C=O) groups excluding carboxylic acids is 2. The second kappa shape index (κ2) is 13.2. The molecule has 38 heavy (non-hydrogen) atoms. The fourth-order valence-electron chi connectivity index (χ4n) is 4.09. The van der Waals surface area contributed by atoms with Gasteiger partial charge in [-0.05, 0) is 88.4 Å². The van der Waals surface area contributed by atoms with Gasteiger partial charge in [-0.3, -0.25) is 13.9 Å². The number of nitrogens with one attached hydrogen (secondary N) is 1. The van der Waals surface area contributed by atoms with Crippen LogP contribution in [0.5, 0.6) is 0 Å². The molecule has 0 bridgehead atoms. The summed E-state index contributed by atoms with van der Waals surface area (Å²) in [5.74, 6) is -0.521. The number of amides is 2. The second-order valence-corrected chi connectivity index (χ2v) is 13.4. The molecule has 1 atom stereocenters. The minimum atomic E-state index is -3.56. The number of hydrogen-bond acceptors (Lipinski definition) is 4. The topological polar surface area (TPSA) is 86.8 Å². The molecule has 0 radical (unpaired) electrons. The van der Waals surface area contributed by atoms with E-state index in [0.717, 1.165) is 17.4 Å². The third-order valence-corrected chi connectivity index (χ3v) is 7.95. The van der Waals surface area contributed by atoms with E-state index in [1.165, 1.54) is 9.21 Å². The van der Waals surface area contributed by atoms with Crippen molar-refractivity contribution in [2.24, 2.45) is 0 Å². The van der Waals surface area contributed by atoms with Gasteiger partial charge >= 0.3 is 0 Å². The van der Waals surface area contributed by atoms with Crippen LogP contribution in [0.3, 0.4) is 0 Å². The molecule has 10 heteroatoms. The summed E-state index contributed by atoms with van der Waals surface area (Å²) in [6.45, 7) is 11.6. The third-order valence-electron chi connectivity index (χ3n) is 6.17. The van der Waals surface area contributed by atoms with E-state index in [2.05, 4.69) is 5.32 Å². The summed E-state index contributed by atoms with van der Waals surface area (Å²) in [5.41, 5.74) is 2.80. The number of nitrogens with zero attached hydrogens (tertiary/aromatic N) is 2. The molecule has 2 aromatic rings. The zero-order valence-electron chi connectivity index (χ0n) is 23.3. The Kier molecular flexibility index (Phi) is 11.1. The van der Waals surface area contributed by atoms with Gasteiger partial charge in [-0.15, -0.1) is 0 Å². The summed E-state index contributed by atoms with van der Waals surface area (Å²) in [7, 11) is -3.56. The van der Waals surface area contributed by atoms with Crippen LogP contribution in [0.2, 0.25) is 10.0 Å². The van der Waals surface area contributed by atoms with Crippen LogP contribution in [0, 0.1) is 13.8 Å². The van der Waals surface area contributed by atoms with E-state index in [4.69, 9.17) is 23.2 Å². The summed E-state index contributed by atoms with van der Waals surface area (Å²) in [6, 6.07) is 9.79. The monoisotopic (exact) mass is 583 g/mol. The van der Waals surface area contributed by atoms with Gasteiger partial charge in [0.2, 0.25) is 21.8 Å². The molecule has 1 N–H and O–H groups in total. The lowest BCUT2D eigenvalue weighted by Crippen LogP contribution is -2.53. The molecule has 0 heterocycles. The average Bonchev–Trinajstić information content (AvgIpc) is 2.78. The highest BCUT2D eigenvalue weighted by Gasteiger charge is 2.31. The van der Waals surface area contributed by atoms with Gasteiger partial charge < -0.3 is 10.2 Å². The van der Waals surface area contributed by atoms with Crippen LogP contribution in [0.4, 0.5) is 5.69 Å². The maximum absolute atomic E-state index is 13.6. The zero-order valence-corrected chi connectivity index (χ0v) is 25.6. The van der Waals surface area contributed by atoms with Gasteiger partial charge in [0, 0.05) is 35.1 Å². The highest BCUT2D eigenvalue weighted by Crippen LogP contribution is 2.25. The van der Waals surface area contributed by atoms with Crippen LogP contribution in [0.25, 0.3) is 0 Å². The summed E-state index contributed by atoms with van der Waals surface area (Å²) in [6.07, 6.45) is 1.89. The molecule has 0 spiro atoms. The van der Waals surface area contributed by atoms with Crippen molar-refractivity contribution in [3.8, 4) is 0 Å². The van der Waals surface area contributed by atoms with Crippen molar-refractivity contribution < 1.29 is 18.0 Å². The first-order valence-corrected chi connectivity index (χ1v) is 15.2. The molecule has 0 aliphatic heterocycles. The van der Waals surface area contributed by atoms with Crippen molar-refractivity contribution in [1.82, 2.24) is 10.2 Å². The number of sulfonamides is 1.